The van der Waals surface area contributed by atoms with Crippen LogP contribution in [0.1, 0.15) is 12.2 Å². The van der Waals surface area contributed by atoms with E-state index < -0.39 is 0 Å². The Morgan fingerprint density at radius 3 is 2.67 bits per heavy atom. The summed E-state index contributed by atoms with van der Waals surface area (Å²) in [6.07, 6.45) is 0.568. The second-order valence-electron chi connectivity index (χ2n) is 6.46. The van der Waals surface area contributed by atoms with Crippen LogP contribution in [0.15, 0.2) is 10.6 Å². The zero-order valence-electron chi connectivity index (χ0n) is 15.3. The number of aromatic nitrogens is 1. The van der Waals surface area contributed by atoms with Gasteiger partial charge in [-0.25, -0.2) is 0 Å². The summed E-state index contributed by atoms with van der Waals surface area (Å²) >= 11 is 1.90. The summed E-state index contributed by atoms with van der Waals surface area (Å²) in [4.78, 5) is 28.4. The minimum atomic E-state index is -0.114. The number of anilines is 1. The quantitative estimate of drug-likeness (QED) is 0.706. The first-order valence-electron chi connectivity index (χ1n) is 8.64. The third kappa shape index (κ3) is 7.50. The van der Waals surface area contributed by atoms with Crippen molar-refractivity contribution in [1.82, 2.24) is 20.3 Å². The Hall–Kier alpha value is -1.00. The van der Waals surface area contributed by atoms with Crippen molar-refractivity contribution in [3.05, 3.63) is 11.8 Å². The second-order valence-corrected chi connectivity index (χ2v) is 7.61. The Kier molecular flexibility index (Phi) is 10.5. The molecule has 1 atom stereocenters. The first kappa shape index (κ1) is 24.0. The number of amides is 2. The van der Waals surface area contributed by atoms with E-state index in [9.17, 15) is 9.59 Å². The molecule has 0 radical (unpaired) electrons. The summed E-state index contributed by atoms with van der Waals surface area (Å²) in [7, 11) is 0. The van der Waals surface area contributed by atoms with Gasteiger partial charge in [-0.3, -0.25) is 14.5 Å². The molecule has 2 aliphatic heterocycles. The number of hydrogen-bond acceptors (Lipinski definition) is 7. The number of carbonyl (C=O) groups is 2. The molecule has 3 heterocycles. The molecule has 2 amide bonds. The fraction of sp³-hybridized carbons (Fsp3) is 0.688. The van der Waals surface area contributed by atoms with Gasteiger partial charge in [0.05, 0.1) is 6.54 Å². The van der Waals surface area contributed by atoms with E-state index in [1.54, 1.807) is 13.0 Å². The molecule has 3 rings (SSSR count). The van der Waals surface area contributed by atoms with Gasteiger partial charge in [-0.2, -0.15) is 11.8 Å². The third-order valence-corrected chi connectivity index (χ3v) is 5.54. The van der Waals surface area contributed by atoms with Gasteiger partial charge in [0.15, 0.2) is 5.82 Å². The third-order valence-electron chi connectivity index (χ3n) is 4.41. The highest BCUT2D eigenvalue weighted by Gasteiger charge is 2.25. The molecule has 2 N–H and O–H groups in total. The molecule has 1 aromatic rings. The molecule has 154 valence electrons. The van der Waals surface area contributed by atoms with Gasteiger partial charge in [-0.1, -0.05) is 5.16 Å². The van der Waals surface area contributed by atoms with Crippen LogP contribution in [0, 0.1) is 6.92 Å². The highest BCUT2D eigenvalue weighted by atomic mass is 35.5. The van der Waals surface area contributed by atoms with Crippen LogP contribution in [0.25, 0.3) is 0 Å². The number of thioether (sulfide) groups is 1. The molecule has 27 heavy (non-hydrogen) atoms. The lowest BCUT2D eigenvalue weighted by molar-refractivity contribution is -0.133. The van der Waals surface area contributed by atoms with Gasteiger partial charge in [0.1, 0.15) is 5.76 Å². The molecule has 2 fully saturated rings. The smallest absolute Gasteiger partial charge is 0.239 e. The standard InChI is InChI=1S/C16H25N5O3S.2ClH/c1-12-8-14(19-24-12)18-15(22)10-20-3-5-21(6-4-20)16(23)9-13-11-25-7-2-17-13;;/h8,13,17H,2-7,9-11H2,1H3,(H,18,19,22);2*1H. The maximum absolute atomic E-state index is 12.4. The van der Waals surface area contributed by atoms with E-state index in [4.69, 9.17) is 4.52 Å². The van der Waals surface area contributed by atoms with E-state index in [-0.39, 0.29) is 36.6 Å². The van der Waals surface area contributed by atoms with Gasteiger partial charge >= 0.3 is 0 Å². The maximum atomic E-state index is 12.4. The predicted octanol–water partition coefficient (Wildman–Crippen LogP) is 1.00. The number of nitrogens with zero attached hydrogens (tertiary/aromatic N) is 3. The van der Waals surface area contributed by atoms with E-state index in [1.807, 2.05) is 16.7 Å². The SMILES string of the molecule is Cc1cc(NC(=O)CN2CCN(C(=O)CC3CSCCN3)CC2)no1.Cl.Cl. The minimum absolute atomic E-state index is 0. The molecular formula is C16H27Cl2N5O3S. The minimum Gasteiger partial charge on any atom is -0.360 e. The summed E-state index contributed by atoms with van der Waals surface area (Å²) in [5.74, 6) is 3.33. The zero-order valence-corrected chi connectivity index (χ0v) is 17.8. The molecule has 0 aromatic carbocycles. The average molecular weight is 440 g/mol. The predicted molar refractivity (Wildman–Crippen MR) is 111 cm³/mol. The molecule has 1 unspecified atom stereocenters. The Morgan fingerprint density at radius 1 is 1.33 bits per heavy atom. The monoisotopic (exact) mass is 439 g/mol. The topological polar surface area (TPSA) is 90.7 Å². The molecule has 0 bridgehead atoms. The van der Waals surface area contributed by atoms with Gasteiger partial charge in [0, 0.05) is 62.8 Å². The van der Waals surface area contributed by atoms with Crippen molar-refractivity contribution in [2.75, 3.05) is 56.1 Å². The molecule has 2 aliphatic rings. The Labute approximate surface area is 176 Å². The lowest BCUT2D eigenvalue weighted by atomic mass is 10.2. The van der Waals surface area contributed by atoms with E-state index in [2.05, 4.69) is 20.7 Å². The molecule has 0 spiro atoms. The fourth-order valence-electron chi connectivity index (χ4n) is 3.06. The highest BCUT2D eigenvalue weighted by molar-refractivity contribution is 7.99. The molecule has 11 heteroatoms. The molecule has 0 saturated carbocycles. The van der Waals surface area contributed by atoms with Crippen LogP contribution in [-0.4, -0.2) is 83.6 Å². The van der Waals surface area contributed by atoms with Crippen LogP contribution in [-0.2, 0) is 9.59 Å². The van der Waals surface area contributed by atoms with Crippen LogP contribution in [0.4, 0.5) is 5.82 Å². The molecule has 8 nitrogen and oxygen atoms in total. The Bertz CT molecular complexity index is 605. The first-order chi connectivity index (χ1) is 12.1. The van der Waals surface area contributed by atoms with Gasteiger partial charge in [0.25, 0.3) is 0 Å². The highest BCUT2D eigenvalue weighted by Crippen LogP contribution is 2.13. The lowest BCUT2D eigenvalue weighted by Crippen LogP contribution is -2.52. The van der Waals surface area contributed by atoms with Crippen molar-refractivity contribution in [2.45, 2.75) is 19.4 Å². The summed E-state index contributed by atoms with van der Waals surface area (Å²) in [6, 6.07) is 1.98. The second kappa shape index (κ2) is 11.8. The molecule has 1 aromatic heterocycles. The summed E-state index contributed by atoms with van der Waals surface area (Å²) in [6.45, 7) is 5.84. The molecular weight excluding hydrogens is 413 g/mol. The summed E-state index contributed by atoms with van der Waals surface area (Å²) in [5, 5.41) is 9.88. The Balaban J connectivity index is 0.00000182. The zero-order chi connectivity index (χ0) is 17.6. The van der Waals surface area contributed by atoms with Gasteiger partial charge < -0.3 is 20.1 Å². The van der Waals surface area contributed by atoms with Crippen LogP contribution in [0.2, 0.25) is 0 Å². The number of nitrogens with one attached hydrogen (secondary N) is 2. The average Bonchev–Trinajstić information content (AvgIpc) is 3.01. The van der Waals surface area contributed by atoms with Gasteiger partial charge in [-0.05, 0) is 6.92 Å². The van der Waals surface area contributed by atoms with E-state index in [1.165, 1.54) is 0 Å². The van der Waals surface area contributed by atoms with Crippen LogP contribution in [0.5, 0.6) is 0 Å². The van der Waals surface area contributed by atoms with E-state index in [0.717, 1.165) is 18.1 Å². The van der Waals surface area contributed by atoms with Crippen molar-refractivity contribution >= 4 is 54.2 Å². The fourth-order valence-corrected chi connectivity index (χ4v) is 4.01. The van der Waals surface area contributed by atoms with Gasteiger partial charge in [0.2, 0.25) is 11.8 Å². The van der Waals surface area contributed by atoms with Crippen LogP contribution in [0.3, 0.4) is 0 Å². The van der Waals surface area contributed by atoms with Crippen molar-refractivity contribution in [3.8, 4) is 0 Å². The summed E-state index contributed by atoms with van der Waals surface area (Å²) < 4.78 is 4.93. The van der Waals surface area contributed by atoms with Crippen molar-refractivity contribution < 1.29 is 14.1 Å². The normalized spacial score (nSPS) is 20.3. The van der Waals surface area contributed by atoms with Crippen LogP contribution >= 0.6 is 36.6 Å². The van der Waals surface area contributed by atoms with Crippen molar-refractivity contribution in [2.24, 2.45) is 0 Å². The largest absolute Gasteiger partial charge is 0.360 e. The number of halogens is 2. The van der Waals surface area contributed by atoms with Crippen molar-refractivity contribution in [3.63, 3.8) is 0 Å². The Morgan fingerprint density at radius 2 is 2.07 bits per heavy atom. The molecule has 0 aliphatic carbocycles. The maximum Gasteiger partial charge on any atom is 0.239 e. The number of carbonyl (C=O) groups excluding carboxylic acids is 2. The van der Waals surface area contributed by atoms with E-state index >= 15 is 0 Å². The van der Waals surface area contributed by atoms with Crippen LogP contribution < -0.4 is 10.6 Å². The number of aryl methyl sites for hydroxylation is 1. The van der Waals surface area contributed by atoms with Crippen molar-refractivity contribution in [1.29, 1.82) is 0 Å². The number of piperazine rings is 1. The molecule has 2 saturated heterocycles. The van der Waals surface area contributed by atoms with E-state index in [0.29, 0.717) is 56.8 Å². The first-order valence-corrected chi connectivity index (χ1v) is 9.80. The number of hydrogen-bond donors (Lipinski definition) is 2. The lowest BCUT2D eigenvalue weighted by Gasteiger charge is -2.35. The van der Waals surface area contributed by atoms with Gasteiger partial charge in [-0.15, -0.1) is 24.8 Å². The number of rotatable bonds is 5. The summed E-state index contributed by atoms with van der Waals surface area (Å²) in [5.41, 5.74) is 0.